The third-order valence-electron chi connectivity index (χ3n) is 4.06. The van der Waals surface area contributed by atoms with E-state index in [1.807, 2.05) is 12.1 Å². The van der Waals surface area contributed by atoms with Crippen LogP contribution in [0.5, 0.6) is 23.0 Å². The maximum Gasteiger partial charge on any atom is 0.160 e. The number of phenolic OH excluding ortho intramolecular Hbond substituents is 2. The second-order valence-corrected chi connectivity index (χ2v) is 6.08. The van der Waals surface area contributed by atoms with Crippen LogP contribution in [0.25, 0.3) is 0 Å². The molecule has 5 nitrogen and oxygen atoms in total. The van der Waals surface area contributed by atoms with Crippen LogP contribution in [0.15, 0.2) is 66.7 Å². The molecule has 3 aromatic rings. The average molecular weight is 364 g/mol. The Morgan fingerprint density at radius 2 is 1.22 bits per heavy atom. The Morgan fingerprint density at radius 3 is 1.63 bits per heavy atom. The Balaban J connectivity index is 1.77. The van der Waals surface area contributed by atoms with Crippen LogP contribution in [0.4, 0.5) is 0 Å². The molecule has 0 aliphatic carbocycles. The summed E-state index contributed by atoms with van der Waals surface area (Å²) < 4.78 is 11.5. The zero-order valence-corrected chi connectivity index (χ0v) is 14.9. The van der Waals surface area contributed by atoms with Crippen molar-refractivity contribution < 1.29 is 24.5 Å². The number of ketones is 1. The smallest absolute Gasteiger partial charge is 0.160 e. The summed E-state index contributed by atoms with van der Waals surface area (Å²) in [4.78, 5) is 11.8. The van der Waals surface area contributed by atoms with Crippen molar-refractivity contribution >= 4 is 5.78 Å². The lowest BCUT2D eigenvalue weighted by atomic mass is 10.1. The van der Waals surface area contributed by atoms with Gasteiger partial charge in [0.2, 0.25) is 0 Å². The zero-order valence-electron chi connectivity index (χ0n) is 14.9. The highest BCUT2D eigenvalue weighted by molar-refractivity contribution is 5.94. The molecule has 0 aliphatic rings. The van der Waals surface area contributed by atoms with E-state index in [-0.39, 0.29) is 30.5 Å². The minimum atomic E-state index is -0.115. The number of rotatable bonds is 7. The maximum absolute atomic E-state index is 11.8. The third-order valence-corrected chi connectivity index (χ3v) is 4.06. The van der Waals surface area contributed by atoms with Gasteiger partial charge in [0.15, 0.2) is 5.78 Å². The van der Waals surface area contributed by atoms with Crippen molar-refractivity contribution in [2.24, 2.45) is 0 Å². The molecule has 27 heavy (non-hydrogen) atoms. The average Bonchev–Trinajstić information content (AvgIpc) is 2.66. The number of Topliss-reactive ketones (excluding diaryl/α,β-unsaturated/α-hetero) is 1. The van der Waals surface area contributed by atoms with Crippen molar-refractivity contribution in [3.63, 3.8) is 0 Å². The van der Waals surface area contributed by atoms with Crippen LogP contribution < -0.4 is 9.47 Å². The topological polar surface area (TPSA) is 76.0 Å². The van der Waals surface area contributed by atoms with Crippen LogP contribution in [-0.2, 0) is 13.2 Å². The second kappa shape index (κ2) is 8.27. The highest BCUT2D eigenvalue weighted by Gasteiger charge is 2.09. The molecule has 0 atom stereocenters. The highest BCUT2D eigenvalue weighted by atomic mass is 16.5. The van der Waals surface area contributed by atoms with E-state index in [9.17, 15) is 15.0 Å². The van der Waals surface area contributed by atoms with Gasteiger partial charge in [0.1, 0.15) is 36.2 Å². The first-order valence-corrected chi connectivity index (χ1v) is 8.48. The predicted octanol–water partition coefficient (Wildman–Crippen LogP) is 4.46. The van der Waals surface area contributed by atoms with Crippen LogP contribution in [0, 0.1) is 0 Å². The highest BCUT2D eigenvalue weighted by Crippen LogP contribution is 2.27. The van der Waals surface area contributed by atoms with Gasteiger partial charge in [0.25, 0.3) is 0 Å². The van der Waals surface area contributed by atoms with E-state index in [4.69, 9.17) is 9.47 Å². The summed E-state index contributed by atoms with van der Waals surface area (Å²) in [5.41, 5.74) is 1.74. The molecule has 0 unspecified atom stereocenters. The van der Waals surface area contributed by atoms with E-state index in [0.717, 1.165) is 0 Å². The number of carbonyl (C=O) groups is 1. The molecular formula is C22H20O5. The van der Waals surface area contributed by atoms with Gasteiger partial charge in [-0.3, -0.25) is 4.79 Å². The Kier molecular flexibility index (Phi) is 5.61. The van der Waals surface area contributed by atoms with E-state index >= 15 is 0 Å². The monoisotopic (exact) mass is 364 g/mol. The fourth-order valence-corrected chi connectivity index (χ4v) is 2.53. The van der Waals surface area contributed by atoms with Crippen LogP contribution in [0.2, 0.25) is 0 Å². The number of hydrogen-bond acceptors (Lipinski definition) is 5. The molecule has 0 saturated carbocycles. The molecule has 0 radical (unpaired) electrons. The van der Waals surface area contributed by atoms with Gasteiger partial charge in [0, 0.05) is 22.8 Å². The summed E-state index contributed by atoms with van der Waals surface area (Å²) in [5.74, 6) is 1.10. The number of carbonyl (C=O) groups excluding carboxylic acids is 1. The number of benzene rings is 3. The minimum Gasteiger partial charge on any atom is -0.508 e. The van der Waals surface area contributed by atoms with Crippen molar-refractivity contribution in [3.8, 4) is 23.0 Å². The lowest BCUT2D eigenvalue weighted by Gasteiger charge is -2.12. The van der Waals surface area contributed by atoms with Gasteiger partial charge in [-0.25, -0.2) is 0 Å². The Hall–Kier alpha value is -3.47. The van der Waals surface area contributed by atoms with E-state index in [1.165, 1.54) is 6.92 Å². The number of aromatic hydroxyl groups is 2. The maximum atomic E-state index is 11.8. The molecule has 3 rings (SSSR count). The molecule has 0 aromatic heterocycles. The first kappa shape index (κ1) is 18.3. The summed E-state index contributed by atoms with van der Waals surface area (Å²) in [5, 5.41) is 19.7. The Bertz CT molecular complexity index is 881. The van der Waals surface area contributed by atoms with Crippen LogP contribution >= 0.6 is 0 Å². The lowest BCUT2D eigenvalue weighted by molar-refractivity contribution is 0.101. The Morgan fingerprint density at radius 1 is 0.778 bits per heavy atom. The molecule has 0 amide bonds. The Labute approximate surface area is 157 Å². The quantitative estimate of drug-likeness (QED) is 0.606. The summed E-state index contributed by atoms with van der Waals surface area (Å²) in [7, 11) is 0. The number of para-hydroxylation sites is 2. The standard InChI is InChI=1S/C22H20O5/c1-15(23)18-10-19(26-13-16-6-2-4-8-21(16)24)12-20(11-18)27-14-17-7-3-5-9-22(17)25/h2-12,24-25H,13-14H2,1H3. The summed E-state index contributed by atoms with van der Waals surface area (Å²) in [6, 6.07) is 18.7. The molecule has 2 N–H and O–H groups in total. The molecule has 3 aromatic carbocycles. The van der Waals surface area contributed by atoms with E-state index in [1.54, 1.807) is 54.6 Å². The van der Waals surface area contributed by atoms with Gasteiger partial charge >= 0.3 is 0 Å². The fraction of sp³-hybridized carbons (Fsp3) is 0.136. The van der Waals surface area contributed by atoms with Gasteiger partial charge in [-0.2, -0.15) is 0 Å². The number of phenols is 2. The summed E-state index contributed by atoms with van der Waals surface area (Å²) >= 11 is 0. The molecule has 0 spiro atoms. The number of ether oxygens (including phenoxy) is 2. The van der Waals surface area contributed by atoms with Gasteiger partial charge in [0.05, 0.1) is 0 Å². The zero-order chi connectivity index (χ0) is 19.2. The van der Waals surface area contributed by atoms with Crippen molar-refractivity contribution in [3.05, 3.63) is 83.4 Å². The minimum absolute atomic E-state index is 0.115. The summed E-state index contributed by atoms with van der Waals surface area (Å²) in [6.07, 6.45) is 0. The largest absolute Gasteiger partial charge is 0.508 e. The molecular weight excluding hydrogens is 344 g/mol. The molecule has 0 heterocycles. The second-order valence-electron chi connectivity index (χ2n) is 6.08. The third kappa shape index (κ3) is 4.79. The van der Waals surface area contributed by atoms with Gasteiger partial charge < -0.3 is 19.7 Å². The molecule has 0 bridgehead atoms. The molecule has 0 saturated heterocycles. The van der Waals surface area contributed by atoms with E-state index in [2.05, 4.69) is 0 Å². The SMILES string of the molecule is CC(=O)c1cc(OCc2ccccc2O)cc(OCc2ccccc2O)c1. The van der Waals surface area contributed by atoms with Gasteiger partial charge in [-0.05, 0) is 31.2 Å². The first-order valence-electron chi connectivity index (χ1n) is 8.48. The van der Waals surface area contributed by atoms with Gasteiger partial charge in [-0.1, -0.05) is 36.4 Å². The number of hydrogen-bond donors (Lipinski definition) is 2. The predicted molar refractivity (Wildman–Crippen MR) is 101 cm³/mol. The fourth-order valence-electron chi connectivity index (χ4n) is 2.53. The van der Waals surface area contributed by atoms with Crippen molar-refractivity contribution in [2.75, 3.05) is 0 Å². The molecule has 5 heteroatoms. The normalized spacial score (nSPS) is 10.4. The molecule has 0 aliphatic heterocycles. The lowest BCUT2D eigenvalue weighted by Crippen LogP contribution is -2.01. The van der Waals surface area contributed by atoms with Crippen molar-refractivity contribution in [1.29, 1.82) is 0 Å². The first-order chi connectivity index (χ1) is 13.0. The molecule has 138 valence electrons. The van der Waals surface area contributed by atoms with Crippen LogP contribution in [-0.4, -0.2) is 16.0 Å². The van der Waals surface area contributed by atoms with Crippen molar-refractivity contribution in [2.45, 2.75) is 20.1 Å². The summed E-state index contributed by atoms with van der Waals surface area (Å²) in [6.45, 7) is 1.79. The van der Waals surface area contributed by atoms with E-state index in [0.29, 0.717) is 28.2 Å². The van der Waals surface area contributed by atoms with Gasteiger partial charge in [-0.15, -0.1) is 0 Å². The molecule has 0 fully saturated rings. The van der Waals surface area contributed by atoms with E-state index < -0.39 is 0 Å². The van der Waals surface area contributed by atoms with Crippen LogP contribution in [0.3, 0.4) is 0 Å². The van der Waals surface area contributed by atoms with Crippen LogP contribution in [0.1, 0.15) is 28.4 Å². The van der Waals surface area contributed by atoms with Crippen molar-refractivity contribution in [1.82, 2.24) is 0 Å².